The maximum atomic E-state index is 13.5. The van der Waals surface area contributed by atoms with Crippen molar-refractivity contribution in [2.24, 2.45) is 0 Å². The van der Waals surface area contributed by atoms with Crippen molar-refractivity contribution in [2.45, 2.75) is 24.7 Å². The number of alkyl halides is 3. The van der Waals surface area contributed by atoms with E-state index in [1.54, 1.807) is 12.1 Å². The Morgan fingerprint density at radius 2 is 1.88 bits per heavy atom. The topological polar surface area (TPSA) is 86.7 Å². The van der Waals surface area contributed by atoms with Gasteiger partial charge in [-0.3, -0.25) is 9.69 Å². The van der Waals surface area contributed by atoms with Crippen molar-refractivity contribution in [1.29, 1.82) is 0 Å². The maximum Gasteiger partial charge on any atom is 0.451 e. The molecule has 3 aromatic rings. The van der Waals surface area contributed by atoms with E-state index < -0.39 is 23.9 Å². The summed E-state index contributed by atoms with van der Waals surface area (Å²) in [5.74, 6) is -0.758. The molecule has 1 amide bonds. The number of amides is 1. The molecular weight excluding hydrogens is 547 g/mol. The predicted molar refractivity (Wildman–Crippen MR) is 146 cm³/mol. The van der Waals surface area contributed by atoms with Crippen LogP contribution in [0, 0.1) is 0 Å². The van der Waals surface area contributed by atoms with E-state index in [0.717, 1.165) is 37.7 Å². The number of pyridine rings is 1. The minimum absolute atomic E-state index is 0.117. The van der Waals surface area contributed by atoms with E-state index in [9.17, 15) is 18.0 Å². The molecule has 0 spiro atoms. The highest BCUT2D eigenvalue weighted by molar-refractivity contribution is 6.35. The van der Waals surface area contributed by atoms with Crippen LogP contribution in [0.4, 0.5) is 19.0 Å². The van der Waals surface area contributed by atoms with Gasteiger partial charge in [0.25, 0.3) is 5.91 Å². The van der Waals surface area contributed by atoms with Crippen molar-refractivity contribution < 1.29 is 22.7 Å². The summed E-state index contributed by atoms with van der Waals surface area (Å²) in [4.78, 5) is 31.8. The fourth-order valence-corrected chi connectivity index (χ4v) is 5.48. The summed E-state index contributed by atoms with van der Waals surface area (Å²) in [7, 11) is 4.15. The van der Waals surface area contributed by atoms with Crippen LogP contribution in [0.25, 0.3) is 10.9 Å². The Morgan fingerprint density at radius 3 is 2.52 bits per heavy atom. The minimum atomic E-state index is -4.64. The van der Waals surface area contributed by atoms with Gasteiger partial charge >= 0.3 is 6.18 Å². The van der Waals surface area contributed by atoms with E-state index in [4.69, 9.17) is 21.3 Å². The van der Waals surface area contributed by atoms with Gasteiger partial charge in [-0.05, 0) is 44.8 Å². The number of anilines is 1. The second-order valence-electron chi connectivity index (χ2n) is 10.2. The molecule has 1 aromatic carbocycles. The van der Waals surface area contributed by atoms with Crippen LogP contribution in [-0.4, -0.2) is 96.7 Å². The van der Waals surface area contributed by atoms with E-state index in [-0.39, 0.29) is 11.6 Å². The van der Waals surface area contributed by atoms with Gasteiger partial charge in [0, 0.05) is 62.1 Å². The maximum absolute atomic E-state index is 13.5. The third-order valence-electron chi connectivity index (χ3n) is 7.50. The number of hydrogen-bond donors (Lipinski definition) is 1. The van der Waals surface area contributed by atoms with E-state index in [0.29, 0.717) is 54.4 Å². The smallest absolute Gasteiger partial charge is 0.379 e. The number of carbonyl (C=O) groups is 1. The van der Waals surface area contributed by atoms with E-state index in [1.807, 2.05) is 17.0 Å². The lowest BCUT2D eigenvalue weighted by Gasteiger charge is -2.34. The van der Waals surface area contributed by atoms with Crippen molar-refractivity contribution in [3.05, 3.63) is 58.6 Å². The van der Waals surface area contributed by atoms with E-state index >= 15 is 0 Å². The van der Waals surface area contributed by atoms with Crippen LogP contribution in [0.5, 0.6) is 0 Å². The molecule has 0 radical (unpaired) electrons. The Morgan fingerprint density at radius 1 is 1.15 bits per heavy atom. The highest BCUT2D eigenvalue weighted by Crippen LogP contribution is 2.30. The van der Waals surface area contributed by atoms with Gasteiger partial charge in [0.1, 0.15) is 5.82 Å². The quantitative estimate of drug-likeness (QED) is 0.456. The number of benzene rings is 1. The van der Waals surface area contributed by atoms with Gasteiger partial charge in [0.15, 0.2) is 0 Å². The molecule has 214 valence electrons. The second kappa shape index (κ2) is 11.8. The van der Waals surface area contributed by atoms with Crippen LogP contribution >= 0.6 is 11.6 Å². The first-order valence-electron chi connectivity index (χ1n) is 13.1. The molecule has 0 aliphatic carbocycles. The Labute approximate surface area is 235 Å². The standard InChI is InChI=1S/C27H31ClF3N7O2/c1-36(2)18-7-8-38(16-18)23-6-3-19-21(35-23)5-4-20(28)24(19)25(39)32-15-22(37-9-11-40-12-10-37)17-13-33-26(34-14-17)27(29,30)31/h3-6,13-14,18,22H,7-12,15-16H2,1-2H3,(H,32,39)/t18-,22?/m0/s1. The average Bonchev–Trinajstić information content (AvgIpc) is 3.44. The Bertz CT molecular complexity index is 1350. The SMILES string of the molecule is CN(C)[C@H]1CCN(c2ccc3c(C(=O)NCC(c4cnc(C(F)(F)F)nc4)N4CCOCC4)c(Cl)ccc3n2)C1. The van der Waals surface area contributed by atoms with E-state index in [1.165, 1.54) is 0 Å². The van der Waals surface area contributed by atoms with Gasteiger partial charge < -0.3 is 19.9 Å². The third-order valence-corrected chi connectivity index (χ3v) is 7.82. The number of ether oxygens (including phenoxy) is 1. The number of rotatable bonds is 7. The Hall–Kier alpha value is -3.06. The summed E-state index contributed by atoms with van der Waals surface area (Å²) >= 11 is 6.50. The molecule has 2 atom stereocenters. The Balaban J connectivity index is 1.36. The molecule has 0 bridgehead atoms. The highest BCUT2D eigenvalue weighted by Gasteiger charge is 2.35. The summed E-state index contributed by atoms with van der Waals surface area (Å²) in [5, 5.41) is 3.84. The molecule has 2 saturated heterocycles. The molecule has 9 nitrogen and oxygen atoms in total. The summed E-state index contributed by atoms with van der Waals surface area (Å²) in [6, 6.07) is 7.24. The molecule has 5 rings (SSSR count). The minimum Gasteiger partial charge on any atom is -0.379 e. The summed E-state index contributed by atoms with van der Waals surface area (Å²) in [6.07, 6.45) is -1.26. The molecule has 40 heavy (non-hydrogen) atoms. The number of halogens is 4. The zero-order valence-corrected chi connectivity index (χ0v) is 23.0. The molecule has 2 aromatic heterocycles. The first kappa shape index (κ1) is 28.5. The zero-order valence-electron chi connectivity index (χ0n) is 22.3. The van der Waals surface area contributed by atoms with Gasteiger partial charge in [-0.1, -0.05) is 11.6 Å². The lowest BCUT2D eigenvalue weighted by molar-refractivity contribution is -0.145. The van der Waals surface area contributed by atoms with Gasteiger partial charge in [0.05, 0.1) is 35.4 Å². The molecule has 2 fully saturated rings. The molecule has 1 N–H and O–H groups in total. The lowest BCUT2D eigenvalue weighted by Crippen LogP contribution is -2.44. The van der Waals surface area contributed by atoms with Gasteiger partial charge in [-0.25, -0.2) is 15.0 Å². The largest absolute Gasteiger partial charge is 0.451 e. The average molecular weight is 578 g/mol. The second-order valence-corrected chi connectivity index (χ2v) is 10.6. The number of morpholine rings is 1. The van der Waals surface area contributed by atoms with Crippen LogP contribution in [0.2, 0.25) is 5.02 Å². The fourth-order valence-electron chi connectivity index (χ4n) is 5.23. The number of nitrogens with zero attached hydrogens (tertiary/aromatic N) is 6. The van der Waals surface area contributed by atoms with Gasteiger partial charge in [0.2, 0.25) is 5.82 Å². The summed E-state index contributed by atoms with van der Waals surface area (Å²) in [5.41, 5.74) is 1.42. The monoisotopic (exact) mass is 577 g/mol. The number of nitrogens with one attached hydrogen (secondary N) is 1. The molecular formula is C27H31ClF3N7O2. The van der Waals surface area contributed by atoms with E-state index in [2.05, 4.69) is 39.2 Å². The third kappa shape index (κ3) is 6.14. The van der Waals surface area contributed by atoms with Crippen molar-refractivity contribution in [2.75, 3.05) is 64.9 Å². The normalized spacial score (nSPS) is 19.4. The van der Waals surface area contributed by atoms with Crippen molar-refractivity contribution >= 4 is 34.2 Å². The highest BCUT2D eigenvalue weighted by atomic mass is 35.5. The molecule has 2 aliphatic heterocycles. The van der Waals surface area contributed by atoms with Gasteiger partial charge in [-0.2, -0.15) is 13.2 Å². The zero-order chi connectivity index (χ0) is 28.4. The predicted octanol–water partition coefficient (Wildman–Crippen LogP) is 3.64. The number of fused-ring (bicyclic) bond motifs is 1. The van der Waals surface area contributed by atoms with Crippen molar-refractivity contribution in [3.8, 4) is 0 Å². The molecule has 1 unspecified atom stereocenters. The number of carbonyl (C=O) groups excluding carboxylic acids is 1. The molecule has 13 heteroatoms. The van der Waals surface area contributed by atoms with Crippen LogP contribution in [0.15, 0.2) is 36.7 Å². The van der Waals surface area contributed by atoms with Crippen LogP contribution in [0.1, 0.15) is 34.2 Å². The Kier molecular flexibility index (Phi) is 8.41. The molecule has 2 aliphatic rings. The first-order valence-corrected chi connectivity index (χ1v) is 13.5. The number of aromatic nitrogens is 3. The number of hydrogen-bond acceptors (Lipinski definition) is 8. The first-order chi connectivity index (χ1) is 19.1. The van der Waals surface area contributed by atoms with Crippen molar-refractivity contribution in [1.82, 2.24) is 30.1 Å². The molecule has 4 heterocycles. The van der Waals surface area contributed by atoms with Crippen LogP contribution in [-0.2, 0) is 10.9 Å². The van der Waals surface area contributed by atoms with Crippen LogP contribution < -0.4 is 10.2 Å². The fraction of sp³-hybridized carbons (Fsp3) is 0.481. The summed E-state index contributed by atoms with van der Waals surface area (Å²) in [6.45, 7) is 3.94. The summed E-state index contributed by atoms with van der Waals surface area (Å²) < 4.78 is 44.5. The van der Waals surface area contributed by atoms with Crippen LogP contribution in [0.3, 0.4) is 0 Å². The molecule has 0 saturated carbocycles. The van der Waals surface area contributed by atoms with Crippen molar-refractivity contribution in [3.63, 3.8) is 0 Å². The lowest BCUT2D eigenvalue weighted by atomic mass is 10.1. The van der Waals surface area contributed by atoms with Gasteiger partial charge in [-0.15, -0.1) is 0 Å². The number of likely N-dealkylation sites (N-methyl/N-ethyl adjacent to an activating group) is 1.